The summed E-state index contributed by atoms with van der Waals surface area (Å²) in [4.78, 5) is 28.7. The van der Waals surface area contributed by atoms with Crippen LogP contribution in [0.1, 0.15) is 0 Å². The molecule has 1 aliphatic heterocycles. The van der Waals surface area contributed by atoms with Crippen LogP contribution in [0.15, 0.2) is 84.9 Å². The molecule has 0 spiro atoms. The number of rotatable bonds is 5. The largest absolute Gasteiger partial charge is 0.368 e. The zero-order valence-electron chi connectivity index (χ0n) is 17.3. The third-order valence-electron chi connectivity index (χ3n) is 5.40. The monoisotopic (exact) mass is 414 g/mol. The Kier molecular flexibility index (Phi) is 6.47. The van der Waals surface area contributed by atoms with Crippen molar-refractivity contribution in [1.82, 2.24) is 10.2 Å². The predicted molar refractivity (Wildman–Crippen MR) is 124 cm³/mol. The molecule has 3 aromatic carbocycles. The van der Waals surface area contributed by atoms with E-state index < -0.39 is 0 Å². The number of nitrogens with zero attached hydrogens (tertiary/aromatic N) is 2. The van der Waals surface area contributed by atoms with Gasteiger partial charge in [-0.15, -0.1) is 0 Å². The fourth-order valence-electron chi connectivity index (χ4n) is 3.67. The van der Waals surface area contributed by atoms with Crippen LogP contribution in [0.4, 0.5) is 16.2 Å². The third kappa shape index (κ3) is 5.42. The number of benzene rings is 3. The van der Waals surface area contributed by atoms with E-state index in [1.165, 1.54) is 5.69 Å². The van der Waals surface area contributed by atoms with Gasteiger partial charge < -0.3 is 20.4 Å². The first-order chi connectivity index (χ1) is 15.2. The topological polar surface area (TPSA) is 64.7 Å². The van der Waals surface area contributed by atoms with Crippen molar-refractivity contribution < 1.29 is 9.59 Å². The van der Waals surface area contributed by atoms with Crippen molar-refractivity contribution in [2.24, 2.45) is 0 Å². The molecule has 3 amide bonds. The van der Waals surface area contributed by atoms with E-state index in [1.54, 1.807) is 4.90 Å². The molecule has 1 fully saturated rings. The van der Waals surface area contributed by atoms with Gasteiger partial charge in [0.2, 0.25) is 5.91 Å². The average Bonchev–Trinajstić information content (AvgIpc) is 2.84. The molecule has 158 valence electrons. The number of piperazine rings is 1. The van der Waals surface area contributed by atoms with E-state index in [1.807, 2.05) is 72.8 Å². The zero-order chi connectivity index (χ0) is 21.5. The van der Waals surface area contributed by atoms with Crippen molar-refractivity contribution in [1.29, 1.82) is 0 Å². The summed E-state index contributed by atoms with van der Waals surface area (Å²) in [5, 5.41) is 5.44. The van der Waals surface area contributed by atoms with Crippen LogP contribution in [0.25, 0.3) is 11.1 Å². The fraction of sp³-hybridized carbons (Fsp3) is 0.200. The molecule has 6 nitrogen and oxygen atoms in total. The maximum atomic E-state index is 12.5. The first-order valence-electron chi connectivity index (χ1n) is 10.5. The minimum Gasteiger partial charge on any atom is -0.368 e. The maximum absolute atomic E-state index is 12.5. The Bertz CT molecular complexity index is 999. The number of hydrogen-bond donors (Lipinski definition) is 2. The quantitative estimate of drug-likeness (QED) is 0.667. The predicted octanol–water partition coefficient (Wildman–Crippen LogP) is 3.82. The molecule has 0 aromatic heterocycles. The summed E-state index contributed by atoms with van der Waals surface area (Å²) in [7, 11) is 0. The van der Waals surface area contributed by atoms with Gasteiger partial charge in [-0.05, 0) is 35.4 Å². The van der Waals surface area contributed by atoms with Gasteiger partial charge in [0.1, 0.15) is 0 Å². The summed E-state index contributed by atoms with van der Waals surface area (Å²) < 4.78 is 0. The standard InChI is InChI=1S/C25H26N4O2/c30-24(29-17-15-28(16-18-29)23-9-5-2-6-10-23)19-26-25(31)27-22-13-11-21(12-14-22)20-7-3-1-4-8-20/h1-14H,15-19H2,(H2,26,27,31). The molecule has 0 unspecified atom stereocenters. The summed E-state index contributed by atoms with van der Waals surface area (Å²) >= 11 is 0. The number of carbonyl (C=O) groups excluding carboxylic acids is 2. The molecule has 0 bridgehead atoms. The number of nitrogens with one attached hydrogen (secondary N) is 2. The van der Waals surface area contributed by atoms with Crippen molar-refractivity contribution >= 4 is 23.3 Å². The number of urea groups is 1. The summed E-state index contributed by atoms with van der Waals surface area (Å²) in [6, 6.07) is 27.5. The number of carbonyl (C=O) groups is 2. The van der Waals surface area contributed by atoms with Gasteiger partial charge in [0.25, 0.3) is 0 Å². The lowest BCUT2D eigenvalue weighted by Crippen LogP contribution is -2.51. The fourth-order valence-corrected chi connectivity index (χ4v) is 3.67. The molecule has 1 saturated heterocycles. The van der Waals surface area contributed by atoms with Crippen LogP contribution >= 0.6 is 0 Å². The summed E-state index contributed by atoms with van der Waals surface area (Å²) in [6.07, 6.45) is 0. The van der Waals surface area contributed by atoms with E-state index in [0.29, 0.717) is 18.8 Å². The second kappa shape index (κ2) is 9.80. The average molecular weight is 415 g/mol. The minimum atomic E-state index is -0.385. The summed E-state index contributed by atoms with van der Waals surface area (Å²) in [5.74, 6) is -0.0673. The summed E-state index contributed by atoms with van der Waals surface area (Å²) in [6.45, 7) is 2.86. The van der Waals surface area contributed by atoms with Crippen LogP contribution in [0.5, 0.6) is 0 Å². The summed E-state index contributed by atoms with van der Waals surface area (Å²) in [5.41, 5.74) is 4.05. The molecule has 0 radical (unpaired) electrons. The second-order valence-electron chi connectivity index (χ2n) is 7.45. The van der Waals surface area contributed by atoms with Crippen molar-refractivity contribution in [3.8, 4) is 11.1 Å². The maximum Gasteiger partial charge on any atom is 0.319 e. The van der Waals surface area contributed by atoms with E-state index in [4.69, 9.17) is 0 Å². The molecule has 1 heterocycles. The van der Waals surface area contributed by atoms with Crippen LogP contribution in [-0.4, -0.2) is 49.6 Å². The van der Waals surface area contributed by atoms with Gasteiger partial charge in [-0.1, -0.05) is 60.7 Å². The van der Waals surface area contributed by atoms with Gasteiger partial charge >= 0.3 is 6.03 Å². The van der Waals surface area contributed by atoms with Gasteiger partial charge in [0.05, 0.1) is 6.54 Å². The molecule has 1 aliphatic rings. The highest BCUT2D eigenvalue weighted by atomic mass is 16.2. The highest BCUT2D eigenvalue weighted by Crippen LogP contribution is 2.21. The number of hydrogen-bond acceptors (Lipinski definition) is 3. The Hall–Kier alpha value is -3.80. The molecule has 4 rings (SSSR count). The smallest absolute Gasteiger partial charge is 0.319 e. The van der Waals surface area contributed by atoms with Gasteiger partial charge in [-0.2, -0.15) is 0 Å². The molecule has 3 aromatic rings. The van der Waals surface area contributed by atoms with Crippen molar-refractivity contribution in [3.05, 3.63) is 84.9 Å². The normalized spacial score (nSPS) is 13.5. The van der Waals surface area contributed by atoms with Gasteiger partial charge in [-0.25, -0.2) is 4.79 Å². The Morgan fingerprint density at radius 3 is 1.94 bits per heavy atom. The number of anilines is 2. The lowest BCUT2D eigenvalue weighted by molar-refractivity contribution is -0.130. The number of amides is 3. The van der Waals surface area contributed by atoms with Crippen molar-refractivity contribution in [2.75, 3.05) is 42.9 Å². The van der Waals surface area contributed by atoms with Crippen LogP contribution in [-0.2, 0) is 4.79 Å². The molecular weight excluding hydrogens is 388 g/mol. The van der Waals surface area contributed by atoms with Gasteiger partial charge in [0, 0.05) is 37.6 Å². The Morgan fingerprint density at radius 2 is 1.29 bits per heavy atom. The molecule has 0 atom stereocenters. The Morgan fingerprint density at radius 1 is 0.710 bits per heavy atom. The van der Waals surface area contributed by atoms with Gasteiger partial charge in [0.15, 0.2) is 0 Å². The van der Waals surface area contributed by atoms with E-state index in [9.17, 15) is 9.59 Å². The number of para-hydroxylation sites is 1. The SMILES string of the molecule is O=C(NCC(=O)N1CCN(c2ccccc2)CC1)Nc1ccc(-c2ccccc2)cc1. The lowest BCUT2D eigenvalue weighted by Gasteiger charge is -2.36. The van der Waals surface area contributed by atoms with Crippen molar-refractivity contribution in [3.63, 3.8) is 0 Å². The Labute approximate surface area is 182 Å². The molecule has 0 aliphatic carbocycles. The second-order valence-corrected chi connectivity index (χ2v) is 7.45. The molecule has 2 N–H and O–H groups in total. The Balaban J connectivity index is 1.21. The zero-order valence-corrected chi connectivity index (χ0v) is 17.3. The van der Waals surface area contributed by atoms with E-state index in [-0.39, 0.29) is 18.5 Å². The molecule has 31 heavy (non-hydrogen) atoms. The minimum absolute atomic E-state index is 0.0146. The molecular formula is C25H26N4O2. The van der Waals surface area contributed by atoms with Crippen molar-refractivity contribution in [2.45, 2.75) is 0 Å². The van der Waals surface area contributed by atoms with Crippen LogP contribution in [0.3, 0.4) is 0 Å². The molecule has 6 heteroatoms. The van der Waals surface area contributed by atoms with E-state index >= 15 is 0 Å². The van der Waals surface area contributed by atoms with E-state index in [2.05, 4.69) is 27.7 Å². The molecule has 0 saturated carbocycles. The highest BCUT2D eigenvalue weighted by molar-refractivity contribution is 5.92. The van der Waals surface area contributed by atoms with E-state index in [0.717, 1.165) is 24.2 Å². The van der Waals surface area contributed by atoms with Crippen LogP contribution < -0.4 is 15.5 Å². The highest BCUT2D eigenvalue weighted by Gasteiger charge is 2.21. The van der Waals surface area contributed by atoms with Crippen LogP contribution in [0, 0.1) is 0 Å². The first kappa shape index (κ1) is 20.5. The lowest BCUT2D eigenvalue weighted by atomic mass is 10.1. The van der Waals surface area contributed by atoms with Gasteiger partial charge in [-0.3, -0.25) is 4.79 Å². The third-order valence-corrected chi connectivity index (χ3v) is 5.40. The first-order valence-corrected chi connectivity index (χ1v) is 10.5. The van der Waals surface area contributed by atoms with Crippen LogP contribution in [0.2, 0.25) is 0 Å².